The molecule has 0 spiro atoms. The number of alkyl carbamates (subject to hydrolysis) is 1. The lowest BCUT2D eigenvalue weighted by Crippen LogP contribution is -2.40. The molecule has 1 aliphatic rings. The van der Waals surface area contributed by atoms with Gasteiger partial charge in [-0.2, -0.15) is 0 Å². The molecule has 2 atom stereocenters. The van der Waals surface area contributed by atoms with Crippen molar-refractivity contribution < 1.29 is 28.7 Å². The molecule has 2 N–H and O–H groups in total. The van der Waals surface area contributed by atoms with E-state index < -0.39 is 23.9 Å². The van der Waals surface area contributed by atoms with Gasteiger partial charge >= 0.3 is 12.2 Å². The van der Waals surface area contributed by atoms with Crippen LogP contribution in [0.15, 0.2) is 12.1 Å². The first kappa shape index (κ1) is 23.2. The van der Waals surface area contributed by atoms with Gasteiger partial charge in [0.2, 0.25) is 0 Å². The molecule has 29 heavy (non-hydrogen) atoms. The number of carbonyl (C=O) groups is 3. The van der Waals surface area contributed by atoms with Crippen LogP contribution in [0.4, 0.5) is 9.59 Å². The van der Waals surface area contributed by atoms with Gasteiger partial charge < -0.3 is 24.9 Å². The van der Waals surface area contributed by atoms with Crippen LogP contribution in [0.1, 0.15) is 43.8 Å². The molecule has 2 heterocycles. The molecule has 1 aromatic rings. The highest BCUT2D eigenvalue weighted by atomic mass is 35.5. The van der Waals surface area contributed by atoms with Gasteiger partial charge in [0, 0.05) is 12.6 Å². The van der Waals surface area contributed by atoms with Gasteiger partial charge in [-0.15, -0.1) is 16.4 Å². The zero-order valence-electron chi connectivity index (χ0n) is 16.8. The molecule has 1 fully saturated rings. The lowest BCUT2D eigenvalue weighted by atomic mass is 10.2. The number of rotatable bonds is 6. The molecule has 162 valence electrons. The van der Waals surface area contributed by atoms with Crippen molar-refractivity contribution in [1.29, 1.82) is 0 Å². The van der Waals surface area contributed by atoms with Crippen molar-refractivity contribution in [2.24, 2.45) is 0 Å². The Kier molecular flexibility index (Phi) is 8.12. The molecule has 1 aliphatic heterocycles. The second kappa shape index (κ2) is 10.1. The minimum atomic E-state index is -0.863. The van der Waals surface area contributed by atoms with E-state index in [2.05, 4.69) is 10.6 Å². The monoisotopic (exact) mass is 447 g/mol. The van der Waals surface area contributed by atoms with E-state index in [4.69, 9.17) is 25.9 Å². The molecule has 2 amide bonds. The molecule has 11 heteroatoms. The zero-order chi connectivity index (χ0) is 21.6. The average Bonchev–Trinajstić information content (AvgIpc) is 3.18. The molecular weight excluding hydrogens is 422 g/mol. The SMILES string of the molecule is CCNC(=O)OC[C@@H]1C[C@@H](NC(=O)c2ccc(Cl)s2)CN1OC(=O)OC(C)(C)C. The summed E-state index contributed by atoms with van der Waals surface area (Å²) in [5.74, 6) is -0.269. The first-order valence-electron chi connectivity index (χ1n) is 9.21. The van der Waals surface area contributed by atoms with E-state index in [1.165, 1.54) is 16.4 Å². The highest BCUT2D eigenvalue weighted by molar-refractivity contribution is 7.18. The van der Waals surface area contributed by atoms with Crippen molar-refractivity contribution in [1.82, 2.24) is 15.7 Å². The fourth-order valence-electron chi connectivity index (χ4n) is 2.68. The van der Waals surface area contributed by atoms with E-state index in [0.29, 0.717) is 22.2 Å². The third-order valence-electron chi connectivity index (χ3n) is 3.81. The summed E-state index contributed by atoms with van der Waals surface area (Å²) in [5, 5.41) is 6.79. The molecule has 9 nitrogen and oxygen atoms in total. The van der Waals surface area contributed by atoms with Crippen LogP contribution in [0, 0.1) is 0 Å². The molecule has 2 rings (SSSR count). The quantitative estimate of drug-likeness (QED) is 0.645. The number of halogens is 1. The Labute approximate surface area is 178 Å². The summed E-state index contributed by atoms with van der Waals surface area (Å²) in [4.78, 5) is 41.8. The Bertz CT molecular complexity index is 735. The van der Waals surface area contributed by atoms with Gasteiger partial charge in [0.25, 0.3) is 5.91 Å². The second-order valence-corrected chi connectivity index (χ2v) is 9.16. The van der Waals surface area contributed by atoms with Gasteiger partial charge in [-0.05, 0) is 46.2 Å². The molecule has 0 unspecified atom stereocenters. The van der Waals surface area contributed by atoms with Gasteiger partial charge in [0.1, 0.15) is 12.2 Å². The minimum Gasteiger partial charge on any atom is -0.448 e. The Morgan fingerprint density at radius 3 is 2.62 bits per heavy atom. The Morgan fingerprint density at radius 2 is 2.03 bits per heavy atom. The summed E-state index contributed by atoms with van der Waals surface area (Å²) < 4.78 is 10.9. The Hall–Kier alpha value is -2.04. The van der Waals surface area contributed by atoms with Gasteiger partial charge in [-0.3, -0.25) is 4.79 Å². The number of hydrogen-bond donors (Lipinski definition) is 2. The summed E-state index contributed by atoms with van der Waals surface area (Å²) in [7, 11) is 0. The van der Waals surface area contributed by atoms with Crippen LogP contribution >= 0.6 is 22.9 Å². The summed E-state index contributed by atoms with van der Waals surface area (Å²) in [6.45, 7) is 7.61. The number of carbonyl (C=O) groups excluding carboxylic acids is 3. The van der Waals surface area contributed by atoms with Gasteiger partial charge in [0.15, 0.2) is 0 Å². The Morgan fingerprint density at radius 1 is 1.31 bits per heavy atom. The van der Waals surface area contributed by atoms with Crippen LogP contribution < -0.4 is 10.6 Å². The third kappa shape index (κ3) is 7.71. The van der Waals surface area contributed by atoms with Crippen LogP contribution in [-0.2, 0) is 14.3 Å². The van der Waals surface area contributed by atoms with Crippen LogP contribution in [-0.4, -0.2) is 60.6 Å². The number of nitrogens with zero attached hydrogens (tertiary/aromatic N) is 1. The number of ether oxygens (including phenoxy) is 2. The maximum Gasteiger partial charge on any atom is 0.528 e. The number of nitrogens with one attached hydrogen (secondary N) is 2. The van der Waals surface area contributed by atoms with E-state index in [9.17, 15) is 14.4 Å². The normalized spacial score (nSPS) is 19.5. The van der Waals surface area contributed by atoms with Crippen LogP contribution in [0.3, 0.4) is 0 Å². The molecule has 0 aromatic carbocycles. The lowest BCUT2D eigenvalue weighted by Gasteiger charge is -2.25. The highest BCUT2D eigenvalue weighted by Gasteiger charge is 2.38. The van der Waals surface area contributed by atoms with Crippen molar-refractivity contribution in [3.8, 4) is 0 Å². The van der Waals surface area contributed by atoms with Crippen molar-refractivity contribution in [2.45, 2.75) is 51.8 Å². The molecule has 0 saturated carbocycles. The minimum absolute atomic E-state index is 0.00810. The summed E-state index contributed by atoms with van der Waals surface area (Å²) in [6.07, 6.45) is -1.00. The molecule has 0 aliphatic carbocycles. The predicted molar refractivity (Wildman–Crippen MR) is 108 cm³/mol. The summed E-state index contributed by atoms with van der Waals surface area (Å²) in [5.41, 5.74) is -0.712. The van der Waals surface area contributed by atoms with Crippen LogP contribution in [0.25, 0.3) is 0 Å². The third-order valence-corrected chi connectivity index (χ3v) is 5.04. The van der Waals surface area contributed by atoms with Gasteiger partial charge in [-0.1, -0.05) is 11.6 Å². The number of hydrogen-bond acceptors (Lipinski definition) is 8. The number of thiophene rings is 1. The van der Waals surface area contributed by atoms with E-state index in [1.54, 1.807) is 39.8 Å². The predicted octanol–water partition coefficient (Wildman–Crippen LogP) is 3.19. The van der Waals surface area contributed by atoms with Gasteiger partial charge in [0.05, 0.1) is 21.8 Å². The topological polar surface area (TPSA) is 106 Å². The fourth-order valence-corrected chi connectivity index (χ4v) is 3.63. The molecule has 0 bridgehead atoms. The van der Waals surface area contributed by atoms with Crippen LogP contribution in [0.2, 0.25) is 4.34 Å². The maximum atomic E-state index is 12.4. The number of hydroxylamine groups is 2. The summed E-state index contributed by atoms with van der Waals surface area (Å²) >= 11 is 7.05. The van der Waals surface area contributed by atoms with Crippen molar-refractivity contribution in [3.63, 3.8) is 0 Å². The van der Waals surface area contributed by atoms with E-state index in [-0.39, 0.29) is 25.1 Å². The van der Waals surface area contributed by atoms with Crippen LogP contribution in [0.5, 0.6) is 0 Å². The second-order valence-electron chi connectivity index (χ2n) is 7.45. The molecule has 0 radical (unpaired) electrons. The van der Waals surface area contributed by atoms with Crippen molar-refractivity contribution in [3.05, 3.63) is 21.3 Å². The maximum absolute atomic E-state index is 12.4. The average molecular weight is 448 g/mol. The van der Waals surface area contributed by atoms with Crippen molar-refractivity contribution in [2.75, 3.05) is 19.7 Å². The van der Waals surface area contributed by atoms with E-state index >= 15 is 0 Å². The summed E-state index contributed by atoms with van der Waals surface area (Å²) in [6, 6.07) is 2.55. The Balaban J connectivity index is 1.99. The van der Waals surface area contributed by atoms with Crippen molar-refractivity contribution >= 4 is 41.1 Å². The zero-order valence-corrected chi connectivity index (χ0v) is 18.4. The first-order chi connectivity index (χ1) is 13.6. The lowest BCUT2D eigenvalue weighted by molar-refractivity contribution is -0.156. The molecular formula is C18H26ClN3O6S. The largest absolute Gasteiger partial charge is 0.528 e. The van der Waals surface area contributed by atoms with E-state index in [1.807, 2.05) is 0 Å². The standard InChI is InChI=1S/C18H26ClN3O6S/c1-5-20-16(24)26-10-12-8-11(21-15(23)13-6-7-14(19)29-13)9-22(12)28-17(25)27-18(2,3)4/h6-7,11-12H,5,8-10H2,1-4H3,(H,20,24)(H,21,23)/t11-,12+/m1/s1. The fraction of sp³-hybridized carbons (Fsp3) is 0.611. The number of amides is 2. The molecule has 1 saturated heterocycles. The van der Waals surface area contributed by atoms with E-state index in [0.717, 1.165) is 0 Å². The smallest absolute Gasteiger partial charge is 0.448 e. The highest BCUT2D eigenvalue weighted by Crippen LogP contribution is 2.24. The molecule has 1 aromatic heterocycles. The van der Waals surface area contributed by atoms with Gasteiger partial charge in [-0.25, -0.2) is 9.59 Å². The first-order valence-corrected chi connectivity index (χ1v) is 10.4.